The third-order valence-corrected chi connectivity index (χ3v) is 2.24. The van der Waals surface area contributed by atoms with Crippen molar-refractivity contribution >= 4 is 11.6 Å². The van der Waals surface area contributed by atoms with Crippen molar-refractivity contribution in [1.29, 1.82) is 0 Å². The molecular formula is C9H10N6O3. The molecule has 0 radical (unpaired) electrons. The van der Waals surface area contributed by atoms with Crippen LogP contribution >= 0.6 is 0 Å². The lowest BCUT2D eigenvalue weighted by molar-refractivity contribution is -0.384. The summed E-state index contributed by atoms with van der Waals surface area (Å²) in [4.78, 5) is 21.1. The second-order valence-corrected chi connectivity index (χ2v) is 3.69. The molecule has 0 atom stereocenters. The molecule has 94 valence electrons. The van der Waals surface area contributed by atoms with Crippen LogP contribution in [0.4, 0.5) is 5.69 Å². The smallest absolute Gasteiger partial charge is 0.315 e. The fourth-order valence-electron chi connectivity index (χ4n) is 1.53. The van der Waals surface area contributed by atoms with E-state index in [2.05, 4.69) is 10.2 Å². The van der Waals surface area contributed by atoms with Crippen molar-refractivity contribution in [2.75, 3.05) is 0 Å². The van der Waals surface area contributed by atoms with E-state index < -0.39 is 10.8 Å². The Morgan fingerprint density at radius 3 is 2.78 bits per heavy atom. The number of aromatic nitrogens is 4. The van der Waals surface area contributed by atoms with Crippen LogP contribution in [-0.4, -0.2) is 30.4 Å². The maximum Gasteiger partial charge on any atom is 0.315 e. The first-order valence-electron chi connectivity index (χ1n) is 4.96. The molecule has 0 unspecified atom stereocenters. The molecular weight excluding hydrogens is 240 g/mol. The van der Waals surface area contributed by atoms with Crippen LogP contribution in [0.25, 0.3) is 11.3 Å². The summed E-state index contributed by atoms with van der Waals surface area (Å²) in [7, 11) is 1.69. The number of primary amides is 1. The molecule has 0 aliphatic carbocycles. The van der Waals surface area contributed by atoms with Crippen molar-refractivity contribution in [2.45, 2.75) is 6.54 Å². The Morgan fingerprint density at radius 2 is 2.28 bits per heavy atom. The number of aryl methyl sites for hydroxylation is 1. The van der Waals surface area contributed by atoms with Gasteiger partial charge in [-0.25, -0.2) is 0 Å². The fourth-order valence-corrected chi connectivity index (χ4v) is 1.53. The lowest BCUT2D eigenvalue weighted by Gasteiger charge is -1.93. The number of nitrogens with two attached hydrogens (primary N) is 1. The van der Waals surface area contributed by atoms with Crippen molar-refractivity contribution in [2.24, 2.45) is 12.8 Å². The Labute approximate surface area is 101 Å². The maximum absolute atomic E-state index is 10.9. The second kappa shape index (κ2) is 4.28. The van der Waals surface area contributed by atoms with Gasteiger partial charge in [-0.2, -0.15) is 10.2 Å². The van der Waals surface area contributed by atoms with Gasteiger partial charge in [-0.05, 0) is 0 Å². The van der Waals surface area contributed by atoms with E-state index in [9.17, 15) is 14.9 Å². The van der Waals surface area contributed by atoms with Crippen LogP contribution in [-0.2, 0) is 18.4 Å². The summed E-state index contributed by atoms with van der Waals surface area (Å²) in [6.07, 6.45) is 4.24. The van der Waals surface area contributed by atoms with E-state index in [-0.39, 0.29) is 17.9 Å². The molecule has 0 aliphatic rings. The molecule has 0 aromatic carbocycles. The molecule has 0 bridgehead atoms. The molecule has 0 saturated carbocycles. The highest BCUT2D eigenvalue weighted by atomic mass is 16.6. The number of carbonyl (C=O) groups is 1. The van der Waals surface area contributed by atoms with Gasteiger partial charge >= 0.3 is 5.69 Å². The minimum absolute atomic E-state index is 0.161. The van der Waals surface area contributed by atoms with Crippen molar-refractivity contribution in [3.8, 4) is 11.3 Å². The van der Waals surface area contributed by atoms with E-state index >= 15 is 0 Å². The summed E-state index contributed by atoms with van der Waals surface area (Å²) in [5, 5.41) is 18.8. The highest BCUT2D eigenvalue weighted by Gasteiger charge is 2.22. The Balaban J connectivity index is 2.47. The monoisotopic (exact) mass is 250 g/mol. The van der Waals surface area contributed by atoms with Gasteiger partial charge in [0.1, 0.15) is 12.7 Å². The molecule has 0 saturated heterocycles. The van der Waals surface area contributed by atoms with E-state index in [1.165, 1.54) is 17.1 Å². The highest BCUT2D eigenvalue weighted by molar-refractivity contribution is 5.74. The zero-order valence-electron chi connectivity index (χ0n) is 9.48. The summed E-state index contributed by atoms with van der Waals surface area (Å²) in [6.45, 7) is -0.207. The van der Waals surface area contributed by atoms with Crippen molar-refractivity contribution in [1.82, 2.24) is 19.6 Å². The van der Waals surface area contributed by atoms with E-state index in [0.29, 0.717) is 5.56 Å². The average molecular weight is 250 g/mol. The van der Waals surface area contributed by atoms with E-state index in [1.807, 2.05) is 0 Å². The van der Waals surface area contributed by atoms with Crippen LogP contribution < -0.4 is 5.73 Å². The van der Waals surface area contributed by atoms with Gasteiger partial charge < -0.3 is 5.73 Å². The second-order valence-electron chi connectivity index (χ2n) is 3.69. The zero-order valence-corrected chi connectivity index (χ0v) is 9.48. The summed E-state index contributed by atoms with van der Waals surface area (Å²) in [5.74, 6) is -0.620. The van der Waals surface area contributed by atoms with Crippen molar-refractivity contribution in [3.63, 3.8) is 0 Å². The molecule has 0 spiro atoms. The van der Waals surface area contributed by atoms with Crippen LogP contribution in [0.3, 0.4) is 0 Å². The molecule has 0 fully saturated rings. The highest BCUT2D eigenvalue weighted by Crippen LogP contribution is 2.27. The van der Waals surface area contributed by atoms with Crippen LogP contribution in [0.15, 0.2) is 18.6 Å². The molecule has 2 N–H and O–H groups in total. The molecule has 18 heavy (non-hydrogen) atoms. The first-order valence-corrected chi connectivity index (χ1v) is 4.96. The third kappa shape index (κ3) is 2.19. The molecule has 9 heteroatoms. The molecule has 2 aromatic rings. The number of nitrogens with zero attached hydrogens (tertiary/aromatic N) is 5. The molecule has 9 nitrogen and oxygen atoms in total. The number of hydrogen-bond donors (Lipinski definition) is 1. The Kier molecular flexibility index (Phi) is 2.80. The minimum Gasteiger partial charge on any atom is -0.368 e. The number of carbonyl (C=O) groups excluding carboxylic acids is 1. The predicted octanol–water partition coefficient (Wildman–Crippen LogP) is -0.323. The summed E-state index contributed by atoms with van der Waals surface area (Å²) in [6, 6.07) is 0. The topological polar surface area (TPSA) is 122 Å². The summed E-state index contributed by atoms with van der Waals surface area (Å²) < 4.78 is 2.65. The molecule has 2 aromatic heterocycles. The van der Waals surface area contributed by atoms with E-state index in [4.69, 9.17) is 5.73 Å². The van der Waals surface area contributed by atoms with Crippen LogP contribution in [0.2, 0.25) is 0 Å². The average Bonchev–Trinajstić information content (AvgIpc) is 2.83. The van der Waals surface area contributed by atoms with Gasteiger partial charge in [-0.3, -0.25) is 24.3 Å². The Bertz CT molecular complexity index is 614. The molecule has 2 heterocycles. The minimum atomic E-state index is -0.620. The third-order valence-electron chi connectivity index (χ3n) is 2.24. The number of rotatable bonds is 4. The van der Waals surface area contributed by atoms with Gasteiger partial charge in [-0.1, -0.05) is 0 Å². The SMILES string of the molecule is Cn1cc(-c2nn(CC(N)=O)cc2[N+](=O)[O-])cn1. The van der Waals surface area contributed by atoms with Gasteiger partial charge in [0.2, 0.25) is 5.91 Å². The van der Waals surface area contributed by atoms with Gasteiger partial charge in [0, 0.05) is 18.8 Å². The maximum atomic E-state index is 10.9. The molecule has 2 rings (SSSR count). The van der Waals surface area contributed by atoms with E-state index in [1.54, 1.807) is 13.2 Å². The van der Waals surface area contributed by atoms with E-state index in [0.717, 1.165) is 4.68 Å². The van der Waals surface area contributed by atoms with Gasteiger partial charge in [-0.15, -0.1) is 0 Å². The Morgan fingerprint density at radius 1 is 1.56 bits per heavy atom. The molecule has 0 aliphatic heterocycles. The number of nitro groups is 1. The lowest BCUT2D eigenvalue weighted by Crippen LogP contribution is -2.18. The Hall–Kier alpha value is -2.71. The quantitative estimate of drug-likeness (QED) is 0.588. The van der Waals surface area contributed by atoms with Gasteiger partial charge in [0.05, 0.1) is 11.1 Å². The summed E-state index contributed by atoms with van der Waals surface area (Å²) in [5.41, 5.74) is 5.49. The standard InChI is InChI=1S/C9H10N6O3/c1-13-3-6(2-11-13)9-7(15(17)18)4-14(12-9)5-8(10)16/h2-4H,5H2,1H3,(H2,10,16). The first kappa shape index (κ1) is 11.8. The zero-order chi connectivity index (χ0) is 13.3. The van der Waals surface area contributed by atoms with Crippen LogP contribution in [0.5, 0.6) is 0 Å². The number of hydrogen-bond acceptors (Lipinski definition) is 5. The van der Waals surface area contributed by atoms with Crippen molar-refractivity contribution < 1.29 is 9.72 Å². The normalized spacial score (nSPS) is 10.5. The fraction of sp³-hybridized carbons (Fsp3) is 0.222. The van der Waals surface area contributed by atoms with Gasteiger partial charge in [0.25, 0.3) is 0 Å². The van der Waals surface area contributed by atoms with Crippen molar-refractivity contribution in [3.05, 3.63) is 28.7 Å². The predicted molar refractivity (Wildman–Crippen MR) is 60.3 cm³/mol. The van der Waals surface area contributed by atoms with Gasteiger partial charge in [0.15, 0.2) is 5.69 Å². The molecule has 1 amide bonds. The largest absolute Gasteiger partial charge is 0.368 e. The number of amides is 1. The van der Waals surface area contributed by atoms with Crippen LogP contribution in [0.1, 0.15) is 0 Å². The van der Waals surface area contributed by atoms with Crippen LogP contribution in [0, 0.1) is 10.1 Å². The summed E-state index contributed by atoms with van der Waals surface area (Å²) >= 11 is 0. The first-order chi connectivity index (χ1) is 8.47. The lowest BCUT2D eigenvalue weighted by atomic mass is 10.2.